The van der Waals surface area contributed by atoms with E-state index in [1.165, 1.54) is 18.0 Å². The van der Waals surface area contributed by atoms with Crippen LogP contribution in [-0.2, 0) is 6.61 Å². The Hall–Kier alpha value is -1.76. The van der Waals surface area contributed by atoms with E-state index in [1.54, 1.807) is 18.2 Å². The number of aliphatic hydroxyl groups is 1. The fourth-order valence-electron chi connectivity index (χ4n) is 2.77. The molecule has 0 unspecified atom stereocenters. The Bertz CT molecular complexity index is 741. The molecule has 0 saturated heterocycles. The highest BCUT2D eigenvalue weighted by atomic mass is 32.2. The minimum atomic E-state index is -0.396. The highest BCUT2D eigenvalue weighted by Gasteiger charge is 2.20. The molecule has 2 aromatic rings. The third kappa shape index (κ3) is 9.50. The van der Waals surface area contributed by atoms with Gasteiger partial charge in [-0.2, -0.15) is 0 Å². The van der Waals surface area contributed by atoms with Crippen LogP contribution in [0.15, 0.2) is 41.3 Å². The van der Waals surface area contributed by atoms with E-state index < -0.39 is 5.82 Å². The molecule has 0 aliphatic heterocycles. The summed E-state index contributed by atoms with van der Waals surface area (Å²) in [6.45, 7) is 13.9. The molecule has 31 heavy (non-hydrogen) atoms. The highest BCUT2D eigenvalue weighted by molar-refractivity contribution is 7.97. The minimum Gasteiger partial charge on any atom is -0.451 e. The SMILES string of the molecule is CC.CC.CCCCN(CC)c1cc(CO)cc(SN(C)C)c1Oc1ccccc1F. The molecule has 6 heteroatoms. The van der Waals surface area contributed by atoms with Crippen LogP contribution >= 0.6 is 11.9 Å². The molecule has 0 amide bonds. The summed E-state index contributed by atoms with van der Waals surface area (Å²) in [5, 5.41) is 9.73. The van der Waals surface area contributed by atoms with E-state index >= 15 is 0 Å². The number of anilines is 1. The van der Waals surface area contributed by atoms with E-state index in [0.717, 1.165) is 42.1 Å². The average Bonchev–Trinajstić information content (AvgIpc) is 2.79. The molecular weight excluding hydrogens is 411 g/mol. The molecule has 0 radical (unpaired) electrons. The third-order valence-corrected chi connectivity index (χ3v) is 4.98. The van der Waals surface area contributed by atoms with Crippen LogP contribution in [0.2, 0.25) is 0 Å². The number of hydrogen-bond donors (Lipinski definition) is 1. The molecule has 0 fully saturated rings. The van der Waals surface area contributed by atoms with Gasteiger partial charge in [0.1, 0.15) is 0 Å². The molecule has 4 nitrogen and oxygen atoms in total. The lowest BCUT2D eigenvalue weighted by molar-refractivity contribution is 0.281. The van der Waals surface area contributed by atoms with Gasteiger partial charge < -0.3 is 14.7 Å². The van der Waals surface area contributed by atoms with Crippen LogP contribution in [0.1, 0.15) is 59.9 Å². The van der Waals surface area contributed by atoms with Crippen molar-refractivity contribution < 1.29 is 14.2 Å². The third-order valence-electron chi connectivity index (χ3n) is 4.11. The van der Waals surface area contributed by atoms with Crippen molar-refractivity contribution in [2.24, 2.45) is 0 Å². The maximum absolute atomic E-state index is 14.2. The molecule has 176 valence electrons. The first-order valence-electron chi connectivity index (χ1n) is 11.3. The van der Waals surface area contributed by atoms with Gasteiger partial charge in [0.25, 0.3) is 0 Å². The van der Waals surface area contributed by atoms with Crippen molar-refractivity contribution in [2.45, 2.75) is 65.9 Å². The van der Waals surface area contributed by atoms with Crippen LogP contribution in [0.3, 0.4) is 0 Å². The van der Waals surface area contributed by atoms with E-state index in [4.69, 9.17) is 4.74 Å². The van der Waals surface area contributed by atoms with Gasteiger partial charge in [-0.3, -0.25) is 4.31 Å². The summed E-state index contributed by atoms with van der Waals surface area (Å²) >= 11 is 1.49. The summed E-state index contributed by atoms with van der Waals surface area (Å²) in [6.07, 6.45) is 2.13. The number of benzene rings is 2. The van der Waals surface area contributed by atoms with Crippen LogP contribution in [0.25, 0.3) is 0 Å². The van der Waals surface area contributed by atoms with Gasteiger partial charge in [-0.1, -0.05) is 53.2 Å². The Labute approximate surface area is 193 Å². The Morgan fingerprint density at radius 3 is 2.19 bits per heavy atom. The number of halogens is 1. The second-order valence-corrected chi connectivity index (χ2v) is 7.82. The second kappa shape index (κ2) is 16.9. The van der Waals surface area contributed by atoms with Gasteiger partial charge in [0.15, 0.2) is 17.3 Å². The summed E-state index contributed by atoms with van der Waals surface area (Å²) in [5.74, 6) is 0.420. The molecule has 0 bridgehead atoms. The summed E-state index contributed by atoms with van der Waals surface area (Å²) in [6, 6.07) is 10.3. The van der Waals surface area contributed by atoms with Crippen LogP contribution in [0.4, 0.5) is 10.1 Å². The molecule has 0 aliphatic rings. The van der Waals surface area contributed by atoms with E-state index in [1.807, 2.05) is 58.2 Å². The smallest absolute Gasteiger partial charge is 0.165 e. The van der Waals surface area contributed by atoms with Crippen molar-refractivity contribution in [1.82, 2.24) is 4.31 Å². The summed E-state index contributed by atoms with van der Waals surface area (Å²) < 4.78 is 22.3. The Kier molecular flexibility index (Phi) is 15.9. The van der Waals surface area contributed by atoms with Gasteiger partial charge in [-0.25, -0.2) is 4.39 Å². The molecular formula is C25H41FN2O2S. The van der Waals surface area contributed by atoms with Crippen molar-refractivity contribution in [2.75, 3.05) is 32.1 Å². The molecule has 0 atom stereocenters. The lowest BCUT2D eigenvalue weighted by Gasteiger charge is -2.28. The van der Waals surface area contributed by atoms with Gasteiger partial charge >= 0.3 is 0 Å². The topological polar surface area (TPSA) is 35.9 Å². The number of ether oxygens (including phenoxy) is 1. The van der Waals surface area contributed by atoms with Gasteiger partial charge in [0.2, 0.25) is 0 Å². The molecule has 2 rings (SSSR count). The summed E-state index contributed by atoms with van der Waals surface area (Å²) in [4.78, 5) is 3.07. The van der Waals surface area contributed by atoms with E-state index in [2.05, 4.69) is 18.7 Å². The van der Waals surface area contributed by atoms with Crippen LogP contribution in [-0.4, -0.2) is 36.6 Å². The van der Waals surface area contributed by atoms with E-state index in [-0.39, 0.29) is 12.4 Å². The number of para-hydroxylation sites is 1. The Balaban J connectivity index is 0.00000212. The maximum Gasteiger partial charge on any atom is 0.165 e. The quantitative estimate of drug-likeness (QED) is 0.381. The van der Waals surface area contributed by atoms with Crippen LogP contribution in [0.5, 0.6) is 11.5 Å². The fourth-order valence-corrected chi connectivity index (χ4v) is 3.60. The molecule has 2 aromatic carbocycles. The lowest BCUT2D eigenvalue weighted by atomic mass is 10.1. The zero-order chi connectivity index (χ0) is 23.8. The first-order valence-corrected chi connectivity index (χ1v) is 12.1. The molecule has 0 spiro atoms. The normalized spacial score (nSPS) is 10.0. The zero-order valence-corrected chi connectivity index (χ0v) is 21.4. The molecule has 0 heterocycles. The number of rotatable bonds is 10. The van der Waals surface area contributed by atoms with Crippen molar-refractivity contribution in [3.8, 4) is 11.5 Å². The molecule has 0 aliphatic carbocycles. The average molecular weight is 453 g/mol. The monoisotopic (exact) mass is 452 g/mol. The van der Waals surface area contributed by atoms with Gasteiger partial charge in [-0.15, -0.1) is 0 Å². The maximum atomic E-state index is 14.2. The lowest BCUT2D eigenvalue weighted by Crippen LogP contribution is -2.24. The van der Waals surface area contributed by atoms with Crippen molar-refractivity contribution >= 4 is 17.6 Å². The molecule has 1 N–H and O–H groups in total. The first-order chi connectivity index (χ1) is 15.0. The number of nitrogens with zero attached hydrogens (tertiary/aromatic N) is 2. The van der Waals surface area contributed by atoms with Gasteiger partial charge in [0, 0.05) is 13.1 Å². The largest absolute Gasteiger partial charge is 0.451 e. The van der Waals surface area contributed by atoms with E-state index in [9.17, 15) is 9.50 Å². The Morgan fingerprint density at radius 2 is 1.68 bits per heavy atom. The van der Waals surface area contributed by atoms with Crippen LogP contribution < -0.4 is 9.64 Å². The summed E-state index contributed by atoms with van der Waals surface area (Å²) in [7, 11) is 3.88. The molecule has 0 saturated carbocycles. The Morgan fingerprint density at radius 1 is 1.03 bits per heavy atom. The number of hydrogen-bond acceptors (Lipinski definition) is 5. The predicted molar refractivity (Wildman–Crippen MR) is 134 cm³/mol. The second-order valence-electron chi connectivity index (χ2n) is 6.47. The first kappa shape index (κ1) is 29.2. The van der Waals surface area contributed by atoms with Crippen molar-refractivity contribution in [1.29, 1.82) is 0 Å². The number of unbranched alkanes of at least 4 members (excludes halogenated alkanes) is 1. The van der Waals surface area contributed by atoms with Crippen molar-refractivity contribution in [3.05, 3.63) is 47.8 Å². The minimum absolute atomic E-state index is 0.0563. The van der Waals surface area contributed by atoms with E-state index in [0.29, 0.717) is 5.75 Å². The van der Waals surface area contributed by atoms with Crippen molar-refractivity contribution in [3.63, 3.8) is 0 Å². The predicted octanol–water partition coefficient (Wildman–Crippen LogP) is 7.36. The molecule has 0 aromatic heterocycles. The zero-order valence-electron chi connectivity index (χ0n) is 20.5. The highest BCUT2D eigenvalue weighted by Crippen LogP contribution is 2.43. The standard InChI is InChI=1S/C21H29FN2O2S.2C2H6/c1-5-7-12-24(6-2)18-13-16(15-25)14-20(27-23(3)4)21(18)26-19-11-9-8-10-17(19)22;2*1-2/h8-11,13-14,25H,5-7,12,15H2,1-4H3;2*1-2H3. The van der Waals surface area contributed by atoms with Gasteiger partial charge in [0.05, 0.1) is 17.2 Å². The summed E-state index contributed by atoms with van der Waals surface area (Å²) in [5.41, 5.74) is 1.69. The number of aliphatic hydroxyl groups excluding tert-OH is 1. The van der Waals surface area contributed by atoms with Crippen LogP contribution in [0, 0.1) is 5.82 Å². The van der Waals surface area contributed by atoms with Gasteiger partial charge in [-0.05, 0) is 69.2 Å². The fraction of sp³-hybridized carbons (Fsp3) is 0.520.